The predicted molar refractivity (Wildman–Crippen MR) is 156 cm³/mol. The van der Waals surface area contributed by atoms with E-state index in [0.29, 0.717) is 6.42 Å². The molecule has 0 saturated carbocycles. The first-order valence-corrected chi connectivity index (χ1v) is 13.4. The van der Waals surface area contributed by atoms with E-state index in [1.165, 1.54) is 0 Å². The Bertz CT molecular complexity index is 1400. The van der Waals surface area contributed by atoms with Crippen molar-refractivity contribution in [1.29, 1.82) is 0 Å². The van der Waals surface area contributed by atoms with Gasteiger partial charge < -0.3 is 15.5 Å². The lowest BCUT2D eigenvalue weighted by molar-refractivity contribution is -0.142. The van der Waals surface area contributed by atoms with Crippen LogP contribution in [0.4, 0.5) is 0 Å². The molecule has 6 heteroatoms. The lowest BCUT2D eigenvalue weighted by atomic mass is 9.85. The topological polar surface area (TPSA) is 104 Å². The summed E-state index contributed by atoms with van der Waals surface area (Å²) in [6.45, 7) is -0.00367. The maximum absolute atomic E-state index is 13.1. The molecular weight excluding hydrogens is 502 g/mol. The molecule has 0 fully saturated rings. The maximum Gasteiger partial charge on any atom is 0.306 e. The van der Waals surface area contributed by atoms with Crippen molar-refractivity contribution in [2.24, 2.45) is 11.8 Å². The Morgan fingerprint density at radius 3 is 1.43 bits per heavy atom. The lowest BCUT2D eigenvalue weighted by Crippen LogP contribution is -2.36. The number of hydrogen-bond donors (Lipinski definition) is 3. The minimum atomic E-state index is -1.00. The average Bonchev–Trinajstić information content (AvgIpc) is 2.97. The molecule has 4 aromatic carbocycles. The van der Waals surface area contributed by atoms with Gasteiger partial charge in [-0.05, 0) is 52.6 Å². The summed E-state index contributed by atoms with van der Waals surface area (Å²) in [5.74, 6) is -3.70. The van der Waals surface area contributed by atoms with Gasteiger partial charge in [0.15, 0.2) is 0 Å². The van der Waals surface area contributed by atoms with Crippen molar-refractivity contribution in [2.75, 3.05) is 6.54 Å². The Morgan fingerprint density at radius 2 is 1.00 bits per heavy atom. The van der Waals surface area contributed by atoms with Crippen LogP contribution in [0.15, 0.2) is 109 Å². The Balaban J connectivity index is 1.49. The van der Waals surface area contributed by atoms with Gasteiger partial charge >= 0.3 is 11.9 Å². The zero-order valence-electron chi connectivity index (χ0n) is 22.2. The van der Waals surface area contributed by atoms with Crippen LogP contribution in [0.1, 0.15) is 24.0 Å². The molecule has 0 heterocycles. The smallest absolute Gasteiger partial charge is 0.306 e. The highest BCUT2D eigenvalue weighted by Crippen LogP contribution is 2.26. The Labute approximate surface area is 234 Å². The van der Waals surface area contributed by atoms with Gasteiger partial charge in [-0.25, -0.2) is 0 Å². The Kier molecular flexibility index (Phi) is 9.83. The highest BCUT2D eigenvalue weighted by atomic mass is 16.4. The fraction of sp³-hybridized carbons (Fsp3) is 0.206. The first-order chi connectivity index (χ1) is 19.4. The van der Waals surface area contributed by atoms with E-state index >= 15 is 0 Å². The second-order valence-electron chi connectivity index (χ2n) is 9.94. The van der Waals surface area contributed by atoms with E-state index in [9.17, 15) is 19.5 Å². The Morgan fingerprint density at radius 1 is 0.575 bits per heavy atom. The number of carboxylic acids is 2. The molecule has 2 atom stereocenters. The molecule has 0 aliphatic heterocycles. The summed E-state index contributed by atoms with van der Waals surface area (Å²) >= 11 is 0. The number of carbonyl (C=O) groups excluding carboxylic acids is 1. The van der Waals surface area contributed by atoms with Crippen molar-refractivity contribution in [2.45, 2.75) is 25.7 Å². The van der Waals surface area contributed by atoms with Gasteiger partial charge in [0.05, 0.1) is 12.3 Å². The number of carbonyl (C=O) groups is 3. The molecule has 0 aliphatic rings. The fourth-order valence-electron chi connectivity index (χ4n) is 4.83. The van der Waals surface area contributed by atoms with E-state index in [1.54, 1.807) is 0 Å². The molecule has 6 nitrogen and oxygen atoms in total. The molecule has 0 unspecified atom stereocenters. The van der Waals surface area contributed by atoms with E-state index in [4.69, 9.17) is 5.11 Å². The van der Waals surface area contributed by atoms with Crippen molar-refractivity contribution in [3.8, 4) is 22.3 Å². The summed E-state index contributed by atoms with van der Waals surface area (Å²) < 4.78 is 0. The van der Waals surface area contributed by atoms with Crippen molar-refractivity contribution in [3.63, 3.8) is 0 Å². The van der Waals surface area contributed by atoms with Crippen LogP contribution in [0, 0.1) is 11.8 Å². The van der Waals surface area contributed by atoms with Crippen LogP contribution in [0.2, 0.25) is 0 Å². The molecule has 0 saturated heterocycles. The number of benzene rings is 4. The maximum atomic E-state index is 13.1. The zero-order valence-corrected chi connectivity index (χ0v) is 22.2. The molecule has 0 aromatic heterocycles. The third-order valence-electron chi connectivity index (χ3n) is 7.01. The molecule has 0 bridgehead atoms. The molecule has 204 valence electrons. The number of amides is 1. The lowest BCUT2D eigenvalue weighted by Gasteiger charge is -2.21. The predicted octanol–water partition coefficient (Wildman–Crippen LogP) is 6.10. The van der Waals surface area contributed by atoms with E-state index in [0.717, 1.165) is 33.4 Å². The largest absolute Gasteiger partial charge is 0.481 e. The van der Waals surface area contributed by atoms with Crippen molar-refractivity contribution in [1.82, 2.24) is 5.32 Å². The summed E-state index contributed by atoms with van der Waals surface area (Å²) in [7, 11) is 0. The van der Waals surface area contributed by atoms with Gasteiger partial charge in [-0.15, -0.1) is 0 Å². The van der Waals surface area contributed by atoms with Gasteiger partial charge in [0.2, 0.25) is 5.91 Å². The van der Waals surface area contributed by atoms with Crippen LogP contribution in [0.5, 0.6) is 0 Å². The molecule has 0 radical (unpaired) electrons. The third-order valence-corrected chi connectivity index (χ3v) is 7.01. The first-order valence-electron chi connectivity index (χ1n) is 13.4. The monoisotopic (exact) mass is 535 g/mol. The number of nitrogens with one attached hydrogen (secondary N) is 1. The van der Waals surface area contributed by atoms with Gasteiger partial charge in [-0.2, -0.15) is 0 Å². The van der Waals surface area contributed by atoms with Gasteiger partial charge in [0, 0.05) is 12.5 Å². The number of hydrogen-bond acceptors (Lipinski definition) is 3. The summed E-state index contributed by atoms with van der Waals surface area (Å²) in [6, 6.07) is 35.6. The van der Waals surface area contributed by atoms with Crippen molar-refractivity contribution >= 4 is 17.8 Å². The molecule has 40 heavy (non-hydrogen) atoms. The second-order valence-corrected chi connectivity index (χ2v) is 9.94. The quantitative estimate of drug-likeness (QED) is 0.192. The van der Waals surface area contributed by atoms with Crippen LogP contribution in [0.3, 0.4) is 0 Å². The van der Waals surface area contributed by atoms with E-state index in [1.807, 2.05) is 109 Å². The minimum absolute atomic E-state index is 0.00367. The summed E-state index contributed by atoms with van der Waals surface area (Å²) in [5.41, 5.74) is 6.06. The highest BCUT2D eigenvalue weighted by Gasteiger charge is 2.28. The molecule has 3 N–H and O–H groups in total. The van der Waals surface area contributed by atoms with Crippen LogP contribution >= 0.6 is 0 Å². The highest BCUT2D eigenvalue weighted by molar-refractivity contribution is 5.81. The van der Waals surface area contributed by atoms with E-state index in [-0.39, 0.29) is 31.7 Å². The third kappa shape index (κ3) is 8.14. The van der Waals surface area contributed by atoms with Gasteiger partial charge in [0.25, 0.3) is 0 Å². The molecule has 0 aliphatic carbocycles. The molecule has 4 rings (SSSR count). The standard InChI is InChI=1S/C34H33NO5/c36-32(37)19-20-35-33(38)30(21-24-11-15-28(16-12-24)26-7-3-1-4-8-26)23-31(34(39)40)22-25-13-17-29(18-14-25)27-9-5-2-6-10-27/h1-18,30-31H,19-23H2,(H,35,38)(H,36,37)(H,39,40)/t30-,31-/m0/s1. The number of rotatable bonds is 13. The molecule has 4 aromatic rings. The fourth-order valence-corrected chi connectivity index (χ4v) is 4.83. The van der Waals surface area contributed by atoms with Crippen LogP contribution in [-0.4, -0.2) is 34.6 Å². The Hall–Kier alpha value is -4.71. The molecular formula is C34H33NO5. The summed E-state index contributed by atoms with van der Waals surface area (Å²) in [6.07, 6.45) is 0.580. The van der Waals surface area contributed by atoms with Crippen LogP contribution in [-0.2, 0) is 27.2 Å². The van der Waals surface area contributed by atoms with E-state index in [2.05, 4.69) is 5.32 Å². The van der Waals surface area contributed by atoms with Crippen molar-refractivity contribution < 1.29 is 24.6 Å². The average molecular weight is 536 g/mol. The molecule has 1 amide bonds. The van der Waals surface area contributed by atoms with Crippen molar-refractivity contribution in [3.05, 3.63) is 120 Å². The van der Waals surface area contributed by atoms with E-state index < -0.39 is 23.8 Å². The van der Waals surface area contributed by atoms with Crippen LogP contribution < -0.4 is 5.32 Å². The van der Waals surface area contributed by atoms with Crippen LogP contribution in [0.25, 0.3) is 22.3 Å². The van der Waals surface area contributed by atoms with Gasteiger partial charge in [-0.1, -0.05) is 109 Å². The zero-order chi connectivity index (χ0) is 28.3. The number of aliphatic carboxylic acids is 2. The first kappa shape index (κ1) is 28.3. The second kappa shape index (κ2) is 13.9. The summed E-state index contributed by atoms with van der Waals surface area (Å²) in [5, 5.41) is 21.7. The summed E-state index contributed by atoms with van der Waals surface area (Å²) in [4.78, 5) is 36.4. The number of carboxylic acid groups (broad SMARTS) is 2. The molecule has 0 spiro atoms. The van der Waals surface area contributed by atoms with Gasteiger partial charge in [-0.3, -0.25) is 14.4 Å². The SMILES string of the molecule is O=C(O)CCNC(=O)[C@@H](Cc1ccc(-c2ccccc2)cc1)C[C@H](Cc1ccc(-c2ccccc2)cc1)C(=O)O. The van der Waals surface area contributed by atoms with Gasteiger partial charge in [0.1, 0.15) is 0 Å². The normalized spacial score (nSPS) is 12.3. The minimum Gasteiger partial charge on any atom is -0.481 e.